The predicted molar refractivity (Wildman–Crippen MR) is 80.7 cm³/mol. The number of piperazine rings is 1. The molecule has 0 N–H and O–H groups in total. The van der Waals surface area contributed by atoms with Crippen molar-refractivity contribution in [3.8, 4) is 0 Å². The molecule has 0 atom stereocenters. The monoisotopic (exact) mass is 291 g/mol. The van der Waals surface area contributed by atoms with E-state index in [4.69, 9.17) is 0 Å². The zero-order chi connectivity index (χ0) is 13.9. The lowest BCUT2D eigenvalue weighted by Gasteiger charge is -2.35. The van der Waals surface area contributed by atoms with Crippen LogP contribution in [0.15, 0.2) is 17.8 Å². The van der Waals surface area contributed by atoms with Crippen LogP contribution in [-0.4, -0.2) is 60.4 Å². The number of anilines is 3. The van der Waals surface area contributed by atoms with Crippen molar-refractivity contribution in [3.63, 3.8) is 0 Å². The van der Waals surface area contributed by atoms with E-state index >= 15 is 0 Å². The van der Waals surface area contributed by atoms with Crippen LogP contribution in [0.4, 0.5) is 16.9 Å². The number of aromatic nitrogens is 4. The smallest absolute Gasteiger partial charge is 0.226 e. The third-order valence-corrected chi connectivity index (χ3v) is 4.00. The van der Waals surface area contributed by atoms with Crippen molar-refractivity contribution in [2.24, 2.45) is 0 Å². The topological polar surface area (TPSA) is 61.3 Å². The zero-order valence-electron chi connectivity index (χ0n) is 11.6. The minimum atomic E-state index is 0.744. The second kappa shape index (κ2) is 5.58. The van der Waals surface area contributed by atoms with Crippen LogP contribution in [0.2, 0.25) is 0 Å². The highest BCUT2D eigenvalue weighted by Gasteiger charge is 2.20. The average Bonchev–Trinajstić information content (AvgIpc) is 3.02. The van der Waals surface area contributed by atoms with E-state index in [1.807, 2.05) is 31.3 Å². The molecule has 3 heterocycles. The summed E-state index contributed by atoms with van der Waals surface area (Å²) in [4.78, 5) is 15.3. The number of rotatable bonds is 3. The Hall–Kier alpha value is -1.96. The van der Waals surface area contributed by atoms with Crippen LogP contribution in [-0.2, 0) is 0 Å². The molecule has 1 saturated heterocycles. The Labute approximate surface area is 121 Å². The van der Waals surface area contributed by atoms with E-state index in [0.717, 1.165) is 43.1 Å². The first-order valence-electron chi connectivity index (χ1n) is 6.50. The molecule has 0 radical (unpaired) electrons. The van der Waals surface area contributed by atoms with Gasteiger partial charge >= 0.3 is 0 Å². The van der Waals surface area contributed by atoms with Gasteiger partial charge in [0.25, 0.3) is 0 Å². The Morgan fingerprint density at radius 2 is 1.90 bits per heavy atom. The summed E-state index contributed by atoms with van der Waals surface area (Å²) < 4.78 is 0. The summed E-state index contributed by atoms with van der Waals surface area (Å²) in [6, 6.07) is 1.97. The molecule has 2 aromatic heterocycles. The van der Waals surface area contributed by atoms with Crippen molar-refractivity contribution in [1.29, 1.82) is 0 Å². The summed E-state index contributed by atoms with van der Waals surface area (Å²) in [5.41, 5.74) is 1.77. The van der Waals surface area contributed by atoms with Crippen LogP contribution >= 0.6 is 11.3 Å². The molecule has 7 nitrogen and oxygen atoms in total. The molecule has 0 bridgehead atoms. The van der Waals surface area contributed by atoms with E-state index in [9.17, 15) is 0 Å². The van der Waals surface area contributed by atoms with Crippen molar-refractivity contribution in [1.82, 2.24) is 20.2 Å². The third kappa shape index (κ3) is 2.64. The van der Waals surface area contributed by atoms with Gasteiger partial charge in [0.1, 0.15) is 11.3 Å². The van der Waals surface area contributed by atoms with Crippen molar-refractivity contribution >= 4 is 28.2 Å². The van der Waals surface area contributed by atoms with Crippen LogP contribution in [0.1, 0.15) is 0 Å². The standard InChI is InChI=1S/C12H17N7S/c1-17(2)11-13-4-3-10(15-11)18-5-7-19(8-6-18)12-16-14-9-20-12/h3-4,9H,5-8H2,1-2H3. The van der Waals surface area contributed by atoms with E-state index in [1.54, 1.807) is 16.8 Å². The van der Waals surface area contributed by atoms with Crippen molar-refractivity contribution in [2.45, 2.75) is 0 Å². The van der Waals surface area contributed by atoms with Crippen LogP contribution in [0.5, 0.6) is 0 Å². The molecule has 0 unspecified atom stereocenters. The molecule has 0 amide bonds. The maximum atomic E-state index is 4.58. The van der Waals surface area contributed by atoms with Crippen LogP contribution in [0, 0.1) is 0 Å². The summed E-state index contributed by atoms with van der Waals surface area (Å²) in [7, 11) is 3.90. The predicted octanol–water partition coefficient (Wildman–Crippen LogP) is 0.721. The van der Waals surface area contributed by atoms with Gasteiger partial charge in [0.2, 0.25) is 11.1 Å². The maximum Gasteiger partial charge on any atom is 0.226 e. The Bertz CT molecular complexity index is 549. The molecular weight excluding hydrogens is 274 g/mol. The van der Waals surface area contributed by atoms with Gasteiger partial charge in [0, 0.05) is 46.5 Å². The first kappa shape index (κ1) is 13.0. The molecule has 20 heavy (non-hydrogen) atoms. The minimum Gasteiger partial charge on any atom is -0.353 e. The lowest BCUT2D eigenvalue weighted by molar-refractivity contribution is 0.643. The first-order valence-corrected chi connectivity index (χ1v) is 7.38. The second-order valence-electron chi connectivity index (χ2n) is 4.80. The van der Waals surface area contributed by atoms with E-state index in [0.29, 0.717) is 0 Å². The Kier molecular flexibility index (Phi) is 3.64. The zero-order valence-corrected chi connectivity index (χ0v) is 12.4. The van der Waals surface area contributed by atoms with Gasteiger partial charge in [-0.1, -0.05) is 11.3 Å². The SMILES string of the molecule is CN(C)c1nccc(N2CCN(c3nncs3)CC2)n1. The Morgan fingerprint density at radius 3 is 2.55 bits per heavy atom. The van der Waals surface area contributed by atoms with E-state index in [2.05, 4.69) is 30.0 Å². The van der Waals surface area contributed by atoms with E-state index in [1.165, 1.54) is 0 Å². The van der Waals surface area contributed by atoms with Crippen molar-refractivity contribution in [2.75, 3.05) is 55.0 Å². The fourth-order valence-electron chi connectivity index (χ4n) is 2.16. The average molecular weight is 291 g/mol. The van der Waals surface area contributed by atoms with Gasteiger partial charge in [-0.15, -0.1) is 10.2 Å². The molecule has 0 aromatic carbocycles. The molecule has 1 aliphatic rings. The van der Waals surface area contributed by atoms with Gasteiger partial charge < -0.3 is 14.7 Å². The van der Waals surface area contributed by atoms with Crippen molar-refractivity contribution < 1.29 is 0 Å². The van der Waals surface area contributed by atoms with E-state index < -0.39 is 0 Å². The highest BCUT2D eigenvalue weighted by molar-refractivity contribution is 7.13. The molecule has 8 heteroatoms. The largest absolute Gasteiger partial charge is 0.353 e. The van der Waals surface area contributed by atoms with Gasteiger partial charge in [-0.25, -0.2) is 4.98 Å². The molecular formula is C12H17N7S. The molecule has 106 valence electrons. The number of hydrogen-bond acceptors (Lipinski definition) is 8. The summed E-state index contributed by atoms with van der Waals surface area (Å²) in [6.45, 7) is 3.75. The van der Waals surface area contributed by atoms with Gasteiger partial charge in [-0.2, -0.15) is 4.98 Å². The molecule has 1 aliphatic heterocycles. The Morgan fingerprint density at radius 1 is 1.15 bits per heavy atom. The van der Waals surface area contributed by atoms with Gasteiger partial charge in [-0.05, 0) is 6.07 Å². The lowest BCUT2D eigenvalue weighted by Crippen LogP contribution is -2.46. The van der Waals surface area contributed by atoms with Gasteiger partial charge in [0.15, 0.2) is 0 Å². The summed E-state index contributed by atoms with van der Waals surface area (Å²) in [5.74, 6) is 1.73. The van der Waals surface area contributed by atoms with Gasteiger partial charge in [-0.3, -0.25) is 0 Å². The fourth-order valence-corrected chi connectivity index (χ4v) is 2.78. The van der Waals surface area contributed by atoms with Crippen LogP contribution in [0.3, 0.4) is 0 Å². The third-order valence-electron chi connectivity index (χ3n) is 3.25. The maximum absolute atomic E-state index is 4.58. The fraction of sp³-hybridized carbons (Fsp3) is 0.500. The molecule has 3 rings (SSSR count). The molecule has 0 aliphatic carbocycles. The molecule has 1 fully saturated rings. The normalized spacial score (nSPS) is 15.5. The molecule has 0 spiro atoms. The molecule has 2 aromatic rings. The molecule has 0 saturated carbocycles. The first-order chi connectivity index (χ1) is 9.74. The van der Waals surface area contributed by atoms with Crippen LogP contribution < -0.4 is 14.7 Å². The number of nitrogens with zero attached hydrogens (tertiary/aromatic N) is 7. The second-order valence-corrected chi connectivity index (χ2v) is 5.62. The lowest BCUT2D eigenvalue weighted by atomic mass is 10.3. The quantitative estimate of drug-likeness (QED) is 0.825. The Balaban J connectivity index is 1.67. The number of hydrogen-bond donors (Lipinski definition) is 0. The highest BCUT2D eigenvalue weighted by atomic mass is 32.1. The van der Waals surface area contributed by atoms with E-state index in [-0.39, 0.29) is 0 Å². The van der Waals surface area contributed by atoms with Crippen molar-refractivity contribution in [3.05, 3.63) is 17.8 Å². The van der Waals surface area contributed by atoms with Crippen LogP contribution in [0.25, 0.3) is 0 Å². The van der Waals surface area contributed by atoms with Gasteiger partial charge in [0.05, 0.1) is 0 Å². The summed E-state index contributed by atoms with van der Waals surface area (Å²) >= 11 is 1.59. The summed E-state index contributed by atoms with van der Waals surface area (Å²) in [5, 5.41) is 9.01. The highest BCUT2D eigenvalue weighted by Crippen LogP contribution is 2.20. The summed E-state index contributed by atoms with van der Waals surface area (Å²) in [6.07, 6.45) is 1.81. The minimum absolute atomic E-state index is 0.744.